The van der Waals surface area contributed by atoms with Crippen LogP contribution in [0.1, 0.15) is 77.6 Å². The van der Waals surface area contributed by atoms with Gasteiger partial charge in [0.05, 0.1) is 0 Å². The Bertz CT molecular complexity index is 159. The van der Waals surface area contributed by atoms with Crippen LogP contribution in [0.25, 0.3) is 0 Å². The van der Waals surface area contributed by atoms with E-state index in [1.54, 1.807) is 0 Å². The highest BCUT2D eigenvalue weighted by Crippen LogP contribution is 2.04. The molecule has 0 fully saturated rings. The van der Waals surface area contributed by atoms with Crippen molar-refractivity contribution in [3.05, 3.63) is 6.92 Å². The van der Waals surface area contributed by atoms with E-state index in [0.717, 1.165) is 19.3 Å². The second kappa shape index (κ2) is 13.6. The first-order valence-electron chi connectivity index (χ1n) is 6.66. The maximum atomic E-state index is 3.84. The van der Waals surface area contributed by atoms with Crippen molar-refractivity contribution in [2.45, 2.75) is 77.6 Å². The minimum absolute atomic E-state index is 1.09. The fourth-order valence-electron chi connectivity index (χ4n) is 1.56. The van der Waals surface area contributed by atoms with Gasteiger partial charge in [-0.2, -0.15) is 0 Å². The lowest BCUT2D eigenvalue weighted by Crippen LogP contribution is -1.77. The first-order chi connectivity index (χ1) is 7.41. The molecule has 0 saturated carbocycles. The Morgan fingerprint density at radius 1 is 0.733 bits per heavy atom. The van der Waals surface area contributed by atoms with Gasteiger partial charge >= 0.3 is 0 Å². The van der Waals surface area contributed by atoms with Gasteiger partial charge in [-0.15, -0.1) is 11.8 Å². The average Bonchev–Trinajstić information content (AvgIpc) is 2.26. The Hall–Kier alpha value is -0.440. The van der Waals surface area contributed by atoms with E-state index in [4.69, 9.17) is 0 Å². The predicted molar refractivity (Wildman–Crippen MR) is 69.6 cm³/mol. The van der Waals surface area contributed by atoms with E-state index in [9.17, 15) is 0 Å². The van der Waals surface area contributed by atoms with Gasteiger partial charge in [0.1, 0.15) is 0 Å². The largest absolute Gasteiger partial charge is 0.103 e. The highest BCUT2D eigenvalue weighted by Gasteiger charge is 1.86. The molecule has 0 nitrogen and oxygen atoms in total. The SMILES string of the molecule is [CH2]CCCCCCC#CCCCCCC. The van der Waals surface area contributed by atoms with Crippen molar-refractivity contribution in [2.75, 3.05) is 0 Å². The first-order valence-corrected chi connectivity index (χ1v) is 6.66. The zero-order chi connectivity index (χ0) is 11.2. The molecule has 0 heterocycles. The van der Waals surface area contributed by atoms with E-state index in [0.29, 0.717) is 0 Å². The third-order valence-electron chi connectivity index (χ3n) is 2.58. The van der Waals surface area contributed by atoms with Crippen LogP contribution in [-0.4, -0.2) is 0 Å². The highest BCUT2D eigenvalue weighted by molar-refractivity contribution is 4.98. The molecular weight excluding hydrogens is 180 g/mol. The van der Waals surface area contributed by atoms with Crippen LogP contribution in [0.4, 0.5) is 0 Å². The third-order valence-corrected chi connectivity index (χ3v) is 2.58. The standard InChI is InChI=1S/C15H27/c1-3-5-7-9-11-13-15-14-12-10-8-6-4-2/h1,3-13H2,2H3. The number of hydrogen-bond acceptors (Lipinski definition) is 0. The van der Waals surface area contributed by atoms with Crippen LogP contribution in [0, 0.1) is 18.8 Å². The Balaban J connectivity index is 3.03. The second-order valence-electron chi connectivity index (χ2n) is 4.18. The van der Waals surface area contributed by atoms with E-state index in [-0.39, 0.29) is 0 Å². The summed E-state index contributed by atoms with van der Waals surface area (Å²) >= 11 is 0. The molecule has 1 radical (unpaired) electrons. The van der Waals surface area contributed by atoms with Crippen LogP contribution >= 0.6 is 0 Å². The summed E-state index contributed by atoms with van der Waals surface area (Å²) in [4.78, 5) is 0. The lowest BCUT2D eigenvalue weighted by atomic mass is 10.1. The molecule has 0 aromatic heterocycles. The van der Waals surface area contributed by atoms with Crippen molar-refractivity contribution >= 4 is 0 Å². The van der Waals surface area contributed by atoms with Gasteiger partial charge in [-0.25, -0.2) is 0 Å². The minimum atomic E-state index is 1.09. The summed E-state index contributed by atoms with van der Waals surface area (Å²) in [6.07, 6.45) is 13.9. The van der Waals surface area contributed by atoms with Gasteiger partial charge in [0.2, 0.25) is 0 Å². The van der Waals surface area contributed by atoms with Crippen LogP contribution in [0.15, 0.2) is 0 Å². The summed E-state index contributed by atoms with van der Waals surface area (Å²) in [5, 5.41) is 0. The van der Waals surface area contributed by atoms with Crippen molar-refractivity contribution in [3.63, 3.8) is 0 Å². The normalized spacial score (nSPS) is 9.73. The zero-order valence-electron chi connectivity index (χ0n) is 10.5. The van der Waals surface area contributed by atoms with Gasteiger partial charge in [0, 0.05) is 12.8 Å². The van der Waals surface area contributed by atoms with Crippen molar-refractivity contribution in [2.24, 2.45) is 0 Å². The lowest BCUT2D eigenvalue weighted by molar-refractivity contribution is 0.655. The minimum Gasteiger partial charge on any atom is -0.103 e. The van der Waals surface area contributed by atoms with E-state index in [1.165, 1.54) is 51.4 Å². The summed E-state index contributed by atoms with van der Waals surface area (Å²) in [5.74, 6) is 6.55. The molecule has 0 amide bonds. The Morgan fingerprint density at radius 2 is 1.27 bits per heavy atom. The molecule has 0 aliphatic heterocycles. The van der Waals surface area contributed by atoms with Crippen LogP contribution in [0.3, 0.4) is 0 Å². The quantitative estimate of drug-likeness (QED) is 0.363. The molecule has 0 aliphatic rings. The van der Waals surface area contributed by atoms with Gasteiger partial charge in [-0.05, 0) is 12.8 Å². The van der Waals surface area contributed by atoms with Gasteiger partial charge in [0.25, 0.3) is 0 Å². The monoisotopic (exact) mass is 207 g/mol. The molecule has 0 unspecified atom stereocenters. The topological polar surface area (TPSA) is 0 Å². The van der Waals surface area contributed by atoms with Gasteiger partial charge in [-0.3, -0.25) is 0 Å². The number of hydrogen-bond donors (Lipinski definition) is 0. The summed E-state index contributed by atoms with van der Waals surface area (Å²) < 4.78 is 0. The van der Waals surface area contributed by atoms with E-state index < -0.39 is 0 Å². The van der Waals surface area contributed by atoms with Gasteiger partial charge < -0.3 is 0 Å². The van der Waals surface area contributed by atoms with Crippen molar-refractivity contribution in [1.29, 1.82) is 0 Å². The molecular formula is C15H27. The van der Waals surface area contributed by atoms with E-state index >= 15 is 0 Å². The molecule has 0 heteroatoms. The predicted octanol–water partition coefficient (Wildman–Crippen LogP) is 5.13. The number of rotatable bonds is 9. The van der Waals surface area contributed by atoms with Gasteiger partial charge in [-0.1, -0.05) is 58.8 Å². The summed E-state index contributed by atoms with van der Waals surface area (Å²) in [6.45, 7) is 6.09. The smallest absolute Gasteiger partial charge is 0.00886 e. The Kier molecular flexibility index (Phi) is 13.2. The maximum absolute atomic E-state index is 3.84. The maximum Gasteiger partial charge on any atom is 0.00886 e. The molecule has 0 aromatic carbocycles. The molecule has 0 saturated heterocycles. The summed E-state index contributed by atoms with van der Waals surface area (Å²) in [6, 6.07) is 0. The molecule has 15 heavy (non-hydrogen) atoms. The van der Waals surface area contributed by atoms with Crippen molar-refractivity contribution in [1.82, 2.24) is 0 Å². The molecule has 0 rings (SSSR count). The fourth-order valence-corrected chi connectivity index (χ4v) is 1.56. The second-order valence-corrected chi connectivity index (χ2v) is 4.18. The lowest BCUT2D eigenvalue weighted by Gasteiger charge is -1.94. The van der Waals surface area contributed by atoms with Gasteiger partial charge in [0.15, 0.2) is 0 Å². The fraction of sp³-hybridized carbons (Fsp3) is 0.800. The van der Waals surface area contributed by atoms with Crippen LogP contribution in [0.5, 0.6) is 0 Å². The van der Waals surface area contributed by atoms with E-state index in [1.807, 2.05) is 0 Å². The first kappa shape index (κ1) is 14.6. The molecule has 0 aliphatic carbocycles. The third kappa shape index (κ3) is 13.6. The highest BCUT2D eigenvalue weighted by atomic mass is 13.9. The molecule has 0 spiro atoms. The number of unbranched alkanes of at least 4 members (excludes halogenated alkanes) is 9. The van der Waals surface area contributed by atoms with E-state index in [2.05, 4.69) is 25.7 Å². The Morgan fingerprint density at radius 3 is 1.80 bits per heavy atom. The van der Waals surface area contributed by atoms with Crippen molar-refractivity contribution in [3.8, 4) is 11.8 Å². The summed E-state index contributed by atoms with van der Waals surface area (Å²) in [7, 11) is 0. The zero-order valence-corrected chi connectivity index (χ0v) is 10.5. The van der Waals surface area contributed by atoms with Crippen LogP contribution < -0.4 is 0 Å². The average molecular weight is 207 g/mol. The molecule has 0 bridgehead atoms. The summed E-state index contributed by atoms with van der Waals surface area (Å²) in [5.41, 5.74) is 0. The molecule has 87 valence electrons. The Labute approximate surface area is 96.8 Å². The molecule has 0 atom stereocenters. The van der Waals surface area contributed by atoms with Crippen LogP contribution in [-0.2, 0) is 0 Å². The molecule has 0 N–H and O–H groups in total. The van der Waals surface area contributed by atoms with Crippen LogP contribution in [0.2, 0.25) is 0 Å². The van der Waals surface area contributed by atoms with Crippen molar-refractivity contribution < 1.29 is 0 Å². The molecule has 0 aromatic rings.